The van der Waals surface area contributed by atoms with Crippen LogP contribution in [-0.2, 0) is 24.6 Å². The number of aromatic hydroxyl groups is 1. The zero-order valence-corrected chi connectivity index (χ0v) is 31.8. The van der Waals surface area contributed by atoms with Crippen LogP contribution in [0, 0.1) is 43.3 Å². The molecule has 4 amide bonds. The van der Waals surface area contributed by atoms with Gasteiger partial charge in [-0.1, -0.05) is 65.7 Å². The van der Waals surface area contributed by atoms with Gasteiger partial charge >= 0.3 is 0 Å². The van der Waals surface area contributed by atoms with Gasteiger partial charge in [0.25, 0.3) is 11.8 Å². The Hall–Kier alpha value is -6.26. The van der Waals surface area contributed by atoms with Crippen LogP contribution in [0.2, 0.25) is 5.02 Å². The Balaban J connectivity index is 1.17. The smallest absolute Gasteiger partial charge is 0.260 e. The molecule has 2 aliphatic heterocycles. The summed E-state index contributed by atoms with van der Waals surface area (Å²) < 4.78 is 13.9. The summed E-state index contributed by atoms with van der Waals surface area (Å²) in [7, 11) is 0. The fourth-order valence-electron chi connectivity index (χ4n) is 9.82. The molecular formula is C46H38ClFN4O5. The van der Waals surface area contributed by atoms with E-state index in [1.165, 1.54) is 29.2 Å². The van der Waals surface area contributed by atoms with Crippen LogP contribution in [0.15, 0.2) is 127 Å². The van der Waals surface area contributed by atoms with Crippen LogP contribution in [0.4, 0.5) is 27.1 Å². The van der Waals surface area contributed by atoms with Gasteiger partial charge in [-0.3, -0.25) is 29.5 Å². The summed E-state index contributed by atoms with van der Waals surface area (Å²) in [6.07, 6.45) is 2.37. The van der Waals surface area contributed by atoms with Gasteiger partial charge in [0.05, 0.1) is 34.5 Å². The number of para-hydroxylation sites is 1. The zero-order valence-electron chi connectivity index (χ0n) is 31.1. The molecule has 0 unspecified atom stereocenters. The molecule has 9 rings (SSSR count). The van der Waals surface area contributed by atoms with E-state index in [-0.39, 0.29) is 30.4 Å². The second kappa shape index (κ2) is 13.7. The van der Waals surface area contributed by atoms with Crippen LogP contribution in [0.1, 0.15) is 41.0 Å². The van der Waals surface area contributed by atoms with Gasteiger partial charge in [-0.2, -0.15) is 5.01 Å². The number of allylic oxidation sites excluding steroid dienone is 2. The summed E-state index contributed by atoms with van der Waals surface area (Å²) in [6.45, 7) is 3.57. The largest absolute Gasteiger partial charge is 0.507 e. The number of phenolic OH excluding ortho intramolecular Hbond substituents is 1. The predicted molar refractivity (Wildman–Crippen MR) is 215 cm³/mol. The van der Waals surface area contributed by atoms with Crippen molar-refractivity contribution < 1.29 is 28.7 Å². The number of fused-ring (bicyclic) bond motifs is 4. The lowest BCUT2D eigenvalue weighted by Crippen LogP contribution is -2.53. The number of phenols is 1. The number of hydrogen-bond acceptors (Lipinski definition) is 7. The van der Waals surface area contributed by atoms with Crippen molar-refractivity contribution in [1.82, 2.24) is 5.01 Å². The molecule has 2 saturated heterocycles. The molecule has 11 heteroatoms. The first-order chi connectivity index (χ1) is 27.5. The maximum Gasteiger partial charge on any atom is 0.260 e. The standard InChI is InChI=1S/C46H38ClFN4O5/c1-25-22-27(23-26(2)41(25)53)40-35-20-21-36-39(44(56)51(42(36)54)34-18-16-32(17-19-34)49-31-6-4-3-5-7-31)37(35)24-38-43(55)52(50-33-14-12-30(48)13-15-33)45(57)46(38,40)28-8-10-29(47)11-9-28/h3-20,22-23,36-40,49-50,53H,21,24H2,1-2H3/t36-,37+,38-,39-,40-,46+/m0/s1. The summed E-state index contributed by atoms with van der Waals surface area (Å²) >= 11 is 6.41. The van der Waals surface area contributed by atoms with Crippen molar-refractivity contribution >= 4 is 58.0 Å². The minimum Gasteiger partial charge on any atom is -0.507 e. The van der Waals surface area contributed by atoms with Crippen LogP contribution >= 0.6 is 11.6 Å². The van der Waals surface area contributed by atoms with E-state index in [9.17, 15) is 23.9 Å². The first-order valence-corrected chi connectivity index (χ1v) is 19.3. The number of imide groups is 2. The van der Waals surface area contributed by atoms with Crippen molar-refractivity contribution in [2.45, 2.75) is 38.0 Å². The van der Waals surface area contributed by atoms with E-state index < -0.39 is 52.6 Å². The molecule has 2 aliphatic carbocycles. The molecular weight excluding hydrogens is 743 g/mol. The third-order valence-corrected chi connectivity index (χ3v) is 12.5. The Bertz CT molecular complexity index is 2470. The molecule has 0 radical (unpaired) electrons. The number of anilines is 4. The SMILES string of the molecule is Cc1cc([C@H]2C3=CC[C@@H]4C(=O)N(c5ccc(Nc6ccccc6)cc5)C(=O)[C@@H]4[C@@H]3C[C@H]3C(=O)N(Nc4ccc(F)cc4)C(=O)[C@@]23c2ccc(Cl)cc2)cc(C)c1O. The third kappa shape index (κ3) is 5.72. The number of halogens is 2. The van der Waals surface area contributed by atoms with Gasteiger partial charge in [0.2, 0.25) is 11.8 Å². The average Bonchev–Trinajstić information content (AvgIpc) is 3.59. The summed E-state index contributed by atoms with van der Waals surface area (Å²) in [5, 5.41) is 15.7. The van der Waals surface area contributed by atoms with Crippen molar-refractivity contribution in [3.8, 4) is 5.75 Å². The zero-order chi connectivity index (χ0) is 39.7. The number of carbonyl (C=O) groups is 4. The van der Waals surface area contributed by atoms with Crippen LogP contribution in [0.3, 0.4) is 0 Å². The topological polar surface area (TPSA) is 119 Å². The maximum atomic E-state index is 15.4. The first-order valence-electron chi connectivity index (χ1n) is 18.9. The maximum absolute atomic E-state index is 15.4. The fraction of sp³-hybridized carbons (Fsp3) is 0.217. The van der Waals surface area contributed by atoms with Crippen molar-refractivity contribution in [1.29, 1.82) is 0 Å². The molecule has 0 aromatic heterocycles. The number of hydrazine groups is 1. The van der Waals surface area contributed by atoms with Crippen LogP contribution in [0.25, 0.3) is 0 Å². The number of nitrogens with one attached hydrogen (secondary N) is 2. The predicted octanol–water partition coefficient (Wildman–Crippen LogP) is 8.73. The molecule has 0 spiro atoms. The number of benzene rings is 5. The molecule has 9 nitrogen and oxygen atoms in total. The van der Waals surface area contributed by atoms with E-state index in [2.05, 4.69) is 10.7 Å². The minimum atomic E-state index is -1.52. The number of carbonyl (C=O) groups excluding carboxylic acids is 4. The fourth-order valence-corrected chi connectivity index (χ4v) is 9.95. The summed E-state index contributed by atoms with van der Waals surface area (Å²) in [5.74, 6) is -5.82. The number of rotatable bonds is 7. The van der Waals surface area contributed by atoms with Crippen molar-refractivity contribution in [3.05, 3.63) is 160 Å². The molecule has 3 fully saturated rings. The van der Waals surface area contributed by atoms with Crippen LogP contribution < -0.4 is 15.6 Å². The monoisotopic (exact) mass is 780 g/mol. The Labute approximate surface area is 333 Å². The molecule has 1 saturated carbocycles. The quantitative estimate of drug-likeness (QED) is 0.112. The molecule has 4 aliphatic rings. The number of amides is 4. The minimum absolute atomic E-state index is 0.112. The molecule has 0 bridgehead atoms. The molecule has 286 valence electrons. The molecule has 6 atom stereocenters. The molecule has 2 heterocycles. The van der Waals surface area contributed by atoms with Gasteiger partial charge in [0.1, 0.15) is 11.6 Å². The van der Waals surface area contributed by atoms with Gasteiger partial charge in [-0.15, -0.1) is 0 Å². The number of aryl methyl sites for hydroxylation is 2. The van der Waals surface area contributed by atoms with E-state index in [4.69, 9.17) is 11.6 Å². The van der Waals surface area contributed by atoms with E-state index in [0.717, 1.165) is 22.0 Å². The van der Waals surface area contributed by atoms with Crippen molar-refractivity contribution in [2.75, 3.05) is 15.6 Å². The van der Waals surface area contributed by atoms with Gasteiger partial charge in [0.15, 0.2) is 0 Å². The van der Waals surface area contributed by atoms with Crippen LogP contribution in [0.5, 0.6) is 5.75 Å². The number of nitrogens with zero attached hydrogens (tertiary/aromatic N) is 2. The highest BCUT2D eigenvalue weighted by atomic mass is 35.5. The lowest BCUT2D eigenvalue weighted by atomic mass is 9.49. The Morgan fingerprint density at radius 2 is 1.39 bits per heavy atom. The molecule has 3 N–H and O–H groups in total. The van der Waals surface area contributed by atoms with E-state index in [1.54, 1.807) is 50.2 Å². The highest BCUT2D eigenvalue weighted by Crippen LogP contribution is 2.64. The van der Waals surface area contributed by atoms with Gasteiger partial charge in [-0.05, 0) is 128 Å². The van der Waals surface area contributed by atoms with Crippen LogP contribution in [-0.4, -0.2) is 33.7 Å². The van der Waals surface area contributed by atoms with E-state index in [0.29, 0.717) is 38.7 Å². The van der Waals surface area contributed by atoms with Crippen molar-refractivity contribution in [2.24, 2.45) is 23.7 Å². The normalized spacial score (nSPS) is 25.2. The van der Waals surface area contributed by atoms with E-state index >= 15 is 4.79 Å². The molecule has 57 heavy (non-hydrogen) atoms. The molecule has 5 aromatic carbocycles. The highest BCUT2D eigenvalue weighted by Gasteiger charge is 2.70. The van der Waals surface area contributed by atoms with Gasteiger partial charge in [0, 0.05) is 22.3 Å². The van der Waals surface area contributed by atoms with Gasteiger partial charge < -0.3 is 10.4 Å². The summed E-state index contributed by atoms with van der Waals surface area (Å²) in [4.78, 5) is 60.6. The highest BCUT2D eigenvalue weighted by molar-refractivity contribution is 6.30. The third-order valence-electron chi connectivity index (χ3n) is 12.3. The van der Waals surface area contributed by atoms with Crippen molar-refractivity contribution in [3.63, 3.8) is 0 Å². The summed E-state index contributed by atoms with van der Waals surface area (Å²) in [6, 6.07) is 32.8. The average molecular weight is 781 g/mol. The Kier molecular flexibility index (Phi) is 8.77. The lowest BCUT2D eigenvalue weighted by Gasteiger charge is -2.50. The molecule has 5 aromatic rings. The first kappa shape index (κ1) is 36.4. The number of hydrogen-bond donors (Lipinski definition) is 3. The summed E-state index contributed by atoms with van der Waals surface area (Å²) in [5.41, 5.74) is 7.16. The second-order valence-electron chi connectivity index (χ2n) is 15.4. The second-order valence-corrected chi connectivity index (χ2v) is 15.9. The Morgan fingerprint density at radius 1 is 0.754 bits per heavy atom. The van der Waals surface area contributed by atoms with E-state index in [1.807, 2.05) is 60.7 Å². The Morgan fingerprint density at radius 3 is 2.05 bits per heavy atom. The lowest BCUT2D eigenvalue weighted by molar-refractivity contribution is -0.138. The van der Waals surface area contributed by atoms with Gasteiger partial charge in [-0.25, -0.2) is 4.39 Å².